The number of carbonyl (C=O) groups excluding carboxylic acids is 6. The molecule has 0 aromatic heterocycles. The van der Waals surface area contributed by atoms with Crippen LogP contribution in [0.1, 0.15) is 34.6 Å². The third kappa shape index (κ3) is 11.7. The smallest absolute Gasteiger partial charge is 0.258 e. The number of benzene rings is 5. The van der Waals surface area contributed by atoms with Crippen LogP contribution in [0.2, 0.25) is 30.1 Å². The summed E-state index contributed by atoms with van der Waals surface area (Å²) in [6.07, 6.45) is 0. The Morgan fingerprint density at radius 1 is 0.467 bits per heavy atom. The first-order chi connectivity index (χ1) is 28.5. The van der Waals surface area contributed by atoms with Crippen molar-refractivity contribution in [2.45, 2.75) is 25.9 Å². The van der Waals surface area contributed by atoms with Crippen LogP contribution < -0.4 is 21.3 Å². The Hall–Kier alpha value is -5.74. The van der Waals surface area contributed by atoms with Crippen molar-refractivity contribution in [1.29, 1.82) is 0 Å². The lowest BCUT2D eigenvalue weighted by Crippen LogP contribution is -2.32. The molecule has 60 heavy (non-hydrogen) atoms. The molecule has 5 rings (SSSR count). The van der Waals surface area contributed by atoms with Crippen molar-refractivity contribution < 1.29 is 28.8 Å². The van der Waals surface area contributed by atoms with Gasteiger partial charge in [-0.1, -0.05) is 81.7 Å². The maximum atomic E-state index is 13.1. The maximum absolute atomic E-state index is 13.1. The molecule has 14 nitrogen and oxygen atoms in total. The van der Waals surface area contributed by atoms with Gasteiger partial charge >= 0.3 is 0 Å². The van der Waals surface area contributed by atoms with Gasteiger partial charge in [0.1, 0.15) is 0 Å². The number of halogens is 6. The zero-order chi connectivity index (χ0) is 43.7. The zero-order valence-electron chi connectivity index (χ0n) is 30.9. The Bertz CT molecular complexity index is 2410. The highest BCUT2D eigenvalue weighted by molar-refractivity contribution is 6.45. The molecule has 0 aliphatic carbocycles. The fraction of sp³-hybridized carbons (Fsp3) is 0.100. The molecule has 0 bridgehead atoms. The third-order valence-electron chi connectivity index (χ3n) is 8.05. The number of carbonyl (C=O) groups is 6. The molecule has 0 heterocycles. The van der Waals surface area contributed by atoms with E-state index in [1.165, 1.54) is 60.7 Å². The van der Waals surface area contributed by atoms with E-state index in [1.54, 1.807) is 36.4 Å². The van der Waals surface area contributed by atoms with Crippen molar-refractivity contribution >= 4 is 139 Å². The van der Waals surface area contributed by atoms with Gasteiger partial charge in [0.15, 0.2) is 11.6 Å². The first kappa shape index (κ1) is 45.3. The standard InChI is InChI=1S/C40H28Cl6N8O6/c1-19(55)35(53-51-23-13-15-27(41)25(17-23)37(57)49-31-7-3-5-29(43)33(31)45)39(59)47-21-9-11-22(12-10-21)48-40(60)36(20(2)56)54-52-24-14-16-28(42)26(18-24)38(58)50-32-8-4-6-30(44)34(32)46/h3-18,35-36H,1-2H3,(H,47,59)(H,48,60)(H,49,57)(H,50,58). The van der Waals surface area contributed by atoms with Gasteiger partial charge in [0.25, 0.3) is 23.6 Å². The third-order valence-corrected chi connectivity index (χ3v) is 10.3. The van der Waals surface area contributed by atoms with Gasteiger partial charge in [-0.05, 0) is 98.8 Å². The molecule has 5 aromatic carbocycles. The summed E-state index contributed by atoms with van der Waals surface area (Å²) in [4.78, 5) is 77.0. The van der Waals surface area contributed by atoms with E-state index in [2.05, 4.69) is 41.7 Å². The van der Waals surface area contributed by atoms with Crippen LogP contribution in [-0.2, 0) is 19.2 Å². The molecule has 0 saturated heterocycles. The molecule has 0 aliphatic heterocycles. The minimum absolute atomic E-state index is 0.0108. The van der Waals surface area contributed by atoms with E-state index in [-0.39, 0.29) is 75.4 Å². The predicted octanol–water partition coefficient (Wildman–Crippen LogP) is 11.5. The summed E-state index contributed by atoms with van der Waals surface area (Å²) in [5, 5.41) is 27.1. The van der Waals surface area contributed by atoms with E-state index >= 15 is 0 Å². The summed E-state index contributed by atoms with van der Waals surface area (Å²) < 4.78 is 0. The SMILES string of the molecule is CC(=O)C(N=Nc1ccc(Cl)c(C(=O)Nc2cccc(Cl)c2Cl)c1)C(=O)Nc1ccc(NC(=O)C(N=Nc2ccc(Cl)c(C(=O)Nc3cccc(Cl)c3Cl)c2)C(C)=O)cc1. The van der Waals surface area contributed by atoms with E-state index in [9.17, 15) is 28.8 Å². The largest absolute Gasteiger partial charge is 0.324 e. The second-order valence-corrected chi connectivity index (χ2v) is 14.8. The number of azo groups is 2. The molecule has 0 fully saturated rings. The van der Waals surface area contributed by atoms with E-state index in [0.29, 0.717) is 0 Å². The van der Waals surface area contributed by atoms with Crippen molar-refractivity contribution in [3.8, 4) is 0 Å². The van der Waals surface area contributed by atoms with Crippen LogP contribution in [0.3, 0.4) is 0 Å². The van der Waals surface area contributed by atoms with Crippen LogP contribution in [0.25, 0.3) is 0 Å². The van der Waals surface area contributed by atoms with Gasteiger partial charge in [0, 0.05) is 11.4 Å². The molecule has 20 heteroatoms. The van der Waals surface area contributed by atoms with E-state index in [0.717, 1.165) is 13.8 Å². The van der Waals surface area contributed by atoms with Gasteiger partial charge in [-0.2, -0.15) is 20.5 Å². The summed E-state index contributed by atoms with van der Waals surface area (Å²) in [6.45, 7) is 2.31. The lowest BCUT2D eigenvalue weighted by Gasteiger charge is -2.12. The van der Waals surface area contributed by atoms with Crippen LogP contribution in [0.4, 0.5) is 34.1 Å². The van der Waals surface area contributed by atoms with E-state index in [1.807, 2.05) is 0 Å². The summed E-state index contributed by atoms with van der Waals surface area (Å²) in [5.74, 6) is -4.15. The monoisotopic (exact) mass is 926 g/mol. The maximum Gasteiger partial charge on any atom is 0.258 e. The lowest BCUT2D eigenvalue weighted by atomic mass is 10.1. The van der Waals surface area contributed by atoms with Crippen molar-refractivity contribution in [3.63, 3.8) is 0 Å². The molecule has 0 saturated carbocycles. The Morgan fingerprint density at radius 2 is 0.833 bits per heavy atom. The summed E-state index contributed by atoms with van der Waals surface area (Å²) in [5.41, 5.74) is 1.21. The topological polar surface area (TPSA) is 200 Å². The predicted molar refractivity (Wildman–Crippen MR) is 233 cm³/mol. The molecule has 4 amide bonds. The van der Waals surface area contributed by atoms with Crippen molar-refractivity contribution in [2.24, 2.45) is 20.5 Å². The number of rotatable bonds is 14. The Morgan fingerprint density at radius 3 is 1.18 bits per heavy atom. The molecular weight excluding hydrogens is 901 g/mol. The lowest BCUT2D eigenvalue weighted by molar-refractivity contribution is -0.127. The molecule has 0 spiro atoms. The van der Waals surface area contributed by atoms with Crippen molar-refractivity contribution in [3.05, 3.63) is 138 Å². The normalized spacial score (nSPS) is 12.1. The van der Waals surface area contributed by atoms with Crippen molar-refractivity contribution in [2.75, 3.05) is 21.3 Å². The van der Waals surface area contributed by atoms with Gasteiger partial charge < -0.3 is 21.3 Å². The Balaban J connectivity index is 1.21. The van der Waals surface area contributed by atoms with Gasteiger partial charge in [0.05, 0.1) is 64.0 Å². The Labute approximate surface area is 371 Å². The molecule has 4 N–H and O–H groups in total. The first-order valence-electron chi connectivity index (χ1n) is 17.2. The van der Waals surface area contributed by atoms with Crippen LogP contribution >= 0.6 is 69.6 Å². The van der Waals surface area contributed by atoms with Crippen LogP contribution in [0, 0.1) is 0 Å². The zero-order valence-corrected chi connectivity index (χ0v) is 35.4. The average Bonchev–Trinajstić information content (AvgIpc) is 3.20. The highest BCUT2D eigenvalue weighted by Crippen LogP contribution is 2.33. The van der Waals surface area contributed by atoms with Crippen LogP contribution in [0.5, 0.6) is 0 Å². The molecule has 0 aliphatic rings. The van der Waals surface area contributed by atoms with Crippen LogP contribution in [0.15, 0.2) is 118 Å². The highest BCUT2D eigenvalue weighted by Gasteiger charge is 2.25. The molecule has 2 atom stereocenters. The van der Waals surface area contributed by atoms with E-state index < -0.39 is 47.3 Å². The minimum atomic E-state index is -1.57. The number of nitrogens with zero attached hydrogens (tertiary/aromatic N) is 4. The van der Waals surface area contributed by atoms with Crippen molar-refractivity contribution in [1.82, 2.24) is 0 Å². The summed E-state index contributed by atoms with van der Waals surface area (Å²) in [6, 6.07) is 20.3. The molecule has 0 radical (unpaired) electrons. The molecule has 2 unspecified atom stereocenters. The summed E-state index contributed by atoms with van der Waals surface area (Å²) >= 11 is 36.9. The second kappa shape index (κ2) is 20.5. The molecular formula is C40H28Cl6N8O6. The number of Topliss-reactive ketones (excluding diaryl/α,β-unsaturated/α-hetero) is 2. The van der Waals surface area contributed by atoms with E-state index in [4.69, 9.17) is 69.6 Å². The van der Waals surface area contributed by atoms with Crippen LogP contribution in [-0.4, -0.2) is 47.3 Å². The fourth-order valence-electron chi connectivity index (χ4n) is 5.02. The number of ketones is 2. The van der Waals surface area contributed by atoms with Gasteiger partial charge in [0.2, 0.25) is 12.1 Å². The number of anilines is 4. The second-order valence-electron chi connectivity index (χ2n) is 12.5. The number of hydrogen-bond donors (Lipinski definition) is 4. The minimum Gasteiger partial charge on any atom is -0.324 e. The quantitative estimate of drug-likeness (QED) is 0.0630. The Kier molecular flexibility index (Phi) is 15.5. The van der Waals surface area contributed by atoms with Gasteiger partial charge in [-0.3, -0.25) is 28.8 Å². The summed E-state index contributed by atoms with van der Waals surface area (Å²) in [7, 11) is 0. The molecule has 306 valence electrons. The first-order valence-corrected chi connectivity index (χ1v) is 19.4. The van der Waals surface area contributed by atoms with Gasteiger partial charge in [-0.15, -0.1) is 0 Å². The number of hydrogen-bond acceptors (Lipinski definition) is 10. The molecule has 5 aromatic rings. The number of amides is 4. The highest BCUT2D eigenvalue weighted by atomic mass is 35.5. The average molecular weight is 929 g/mol. The fourth-order valence-corrected chi connectivity index (χ4v) is 6.12. The number of nitrogens with one attached hydrogen (secondary N) is 4. The van der Waals surface area contributed by atoms with Gasteiger partial charge in [-0.25, -0.2) is 0 Å².